The first kappa shape index (κ1) is 27.2. The molecular formula is C31H26ClN5O2S. The van der Waals surface area contributed by atoms with Crippen LogP contribution < -0.4 is 10.2 Å². The Morgan fingerprint density at radius 2 is 1.57 bits per heavy atom. The lowest BCUT2D eigenvalue weighted by Crippen LogP contribution is -2.20. The van der Waals surface area contributed by atoms with E-state index in [0.717, 1.165) is 33.7 Å². The summed E-state index contributed by atoms with van der Waals surface area (Å²) in [5.41, 5.74) is 7.44. The minimum absolute atomic E-state index is 0.111. The smallest absolute Gasteiger partial charge is 0.250 e. The zero-order valence-corrected chi connectivity index (χ0v) is 23.3. The van der Waals surface area contributed by atoms with Crippen molar-refractivity contribution in [3.05, 3.63) is 114 Å². The van der Waals surface area contributed by atoms with Gasteiger partial charge in [0.2, 0.25) is 0 Å². The van der Waals surface area contributed by atoms with E-state index in [2.05, 4.69) is 32.9 Å². The SMILES string of the molecule is CCOc1ccc(-n2c(SCC(=O)N/N=C\c3ccc(-c4ccccc4)cc3)nnc2-c2ccc(Cl)cc2)cc1. The van der Waals surface area contributed by atoms with Crippen molar-refractivity contribution >= 4 is 35.5 Å². The van der Waals surface area contributed by atoms with Gasteiger partial charge < -0.3 is 4.74 Å². The molecule has 0 saturated carbocycles. The van der Waals surface area contributed by atoms with E-state index in [-0.39, 0.29) is 11.7 Å². The number of halogens is 1. The van der Waals surface area contributed by atoms with Crippen LogP contribution in [0.5, 0.6) is 5.75 Å². The largest absolute Gasteiger partial charge is 0.494 e. The lowest BCUT2D eigenvalue weighted by molar-refractivity contribution is -0.118. The van der Waals surface area contributed by atoms with Crippen molar-refractivity contribution in [3.63, 3.8) is 0 Å². The number of nitrogens with one attached hydrogen (secondary N) is 1. The van der Waals surface area contributed by atoms with Crippen LogP contribution >= 0.6 is 23.4 Å². The number of amides is 1. The van der Waals surface area contributed by atoms with Crippen LogP contribution in [0.4, 0.5) is 0 Å². The van der Waals surface area contributed by atoms with Gasteiger partial charge in [0.1, 0.15) is 5.75 Å². The molecule has 200 valence electrons. The normalized spacial score (nSPS) is 11.1. The molecule has 0 radical (unpaired) electrons. The number of rotatable bonds is 10. The summed E-state index contributed by atoms with van der Waals surface area (Å²) < 4.78 is 7.50. The Bertz CT molecular complexity index is 1590. The van der Waals surface area contributed by atoms with Crippen LogP contribution in [0.3, 0.4) is 0 Å². The number of carbonyl (C=O) groups is 1. The summed E-state index contributed by atoms with van der Waals surface area (Å²) in [5.74, 6) is 1.27. The minimum atomic E-state index is -0.253. The van der Waals surface area contributed by atoms with Crippen molar-refractivity contribution in [2.24, 2.45) is 5.10 Å². The highest BCUT2D eigenvalue weighted by Crippen LogP contribution is 2.29. The Morgan fingerprint density at radius 3 is 2.27 bits per heavy atom. The first-order chi connectivity index (χ1) is 19.6. The molecule has 9 heteroatoms. The van der Waals surface area contributed by atoms with E-state index >= 15 is 0 Å². The highest BCUT2D eigenvalue weighted by atomic mass is 35.5. The Labute approximate surface area is 241 Å². The molecule has 0 saturated heterocycles. The standard InChI is InChI=1S/C31H26ClN5O2S/c1-2-39-28-18-16-27(17-19-28)37-30(25-12-14-26(32)15-13-25)35-36-31(37)40-21-29(38)34-33-20-22-8-10-24(11-9-22)23-6-4-3-5-7-23/h3-20H,2,21H2,1H3,(H,34,38)/b33-20-. The number of aromatic nitrogens is 3. The molecule has 1 N–H and O–H groups in total. The van der Waals surface area contributed by atoms with Crippen LogP contribution in [0.1, 0.15) is 12.5 Å². The van der Waals surface area contributed by atoms with Crippen LogP contribution in [-0.2, 0) is 4.79 Å². The van der Waals surface area contributed by atoms with Gasteiger partial charge in [0, 0.05) is 16.3 Å². The van der Waals surface area contributed by atoms with E-state index in [4.69, 9.17) is 16.3 Å². The molecule has 0 aliphatic rings. The zero-order valence-electron chi connectivity index (χ0n) is 21.7. The fraction of sp³-hybridized carbons (Fsp3) is 0.0968. The van der Waals surface area contributed by atoms with Gasteiger partial charge in [-0.2, -0.15) is 5.10 Å². The average Bonchev–Trinajstić information content (AvgIpc) is 3.42. The first-order valence-corrected chi connectivity index (χ1v) is 14.0. The van der Waals surface area contributed by atoms with Gasteiger partial charge in [-0.15, -0.1) is 10.2 Å². The molecule has 0 aliphatic heterocycles. The Balaban J connectivity index is 1.26. The number of hydrogen-bond donors (Lipinski definition) is 1. The van der Waals surface area contributed by atoms with Crippen LogP contribution in [0, 0.1) is 0 Å². The van der Waals surface area contributed by atoms with Crippen molar-refractivity contribution in [1.82, 2.24) is 20.2 Å². The van der Waals surface area contributed by atoms with E-state index in [1.54, 1.807) is 6.21 Å². The number of carbonyl (C=O) groups excluding carboxylic acids is 1. The second kappa shape index (κ2) is 13.1. The molecule has 0 bridgehead atoms. The molecule has 40 heavy (non-hydrogen) atoms. The van der Waals surface area contributed by atoms with E-state index in [0.29, 0.717) is 22.6 Å². The second-order valence-corrected chi connectivity index (χ2v) is 10.0. The number of benzene rings is 4. The molecule has 4 aromatic carbocycles. The molecule has 0 spiro atoms. The molecule has 0 fully saturated rings. The topological polar surface area (TPSA) is 81.4 Å². The average molecular weight is 568 g/mol. The molecule has 0 atom stereocenters. The van der Waals surface area contributed by atoms with Crippen LogP contribution in [0.2, 0.25) is 5.02 Å². The highest BCUT2D eigenvalue weighted by Gasteiger charge is 2.17. The molecule has 5 aromatic rings. The molecule has 0 aliphatic carbocycles. The van der Waals surface area contributed by atoms with Crippen molar-refractivity contribution in [3.8, 4) is 34.0 Å². The summed E-state index contributed by atoms with van der Waals surface area (Å²) in [5, 5.41) is 14.1. The van der Waals surface area contributed by atoms with Crippen molar-refractivity contribution < 1.29 is 9.53 Å². The molecular weight excluding hydrogens is 542 g/mol. The summed E-state index contributed by atoms with van der Waals surface area (Å²) in [4.78, 5) is 12.6. The number of thioether (sulfide) groups is 1. The monoisotopic (exact) mass is 567 g/mol. The third-order valence-electron chi connectivity index (χ3n) is 5.89. The van der Waals surface area contributed by atoms with Crippen LogP contribution in [-0.4, -0.2) is 39.2 Å². The van der Waals surface area contributed by atoms with Gasteiger partial charge in [0.05, 0.1) is 18.6 Å². The van der Waals surface area contributed by atoms with Crippen molar-refractivity contribution in [2.75, 3.05) is 12.4 Å². The second-order valence-electron chi connectivity index (χ2n) is 8.65. The van der Waals surface area contributed by atoms with Crippen LogP contribution in [0.15, 0.2) is 113 Å². The number of hydrogen-bond acceptors (Lipinski definition) is 6. The fourth-order valence-electron chi connectivity index (χ4n) is 3.97. The van der Waals surface area contributed by atoms with Crippen molar-refractivity contribution in [2.45, 2.75) is 12.1 Å². The Kier molecular flexibility index (Phi) is 8.90. The predicted octanol–water partition coefficient (Wildman–Crippen LogP) is 6.90. The van der Waals surface area contributed by atoms with Gasteiger partial charge in [-0.25, -0.2) is 5.43 Å². The molecule has 7 nitrogen and oxygen atoms in total. The van der Waals surface area contributed by atoms with E-state index in [1.165, 1.54) is 11.8 Å². The molecule has 1 heterocycles. The summed E-state index contributed by atoms with van der Waals surface area (Å²) in [7, 11) is 0. The maximum atomic E-state index is 12.6. The number of nitrogens with zero attached hydrogens (tertiary/aromatic N) is 4. The molecule has 5 rings (SSSR count). The van der Waals surface area contributed by atoms with E-state index < -0.39 is 0 Å². The highest BCUT2D eigenvalue weighted by molar-refractivity contribution is 7.99. The zero-order chi connectivity index (χ0) is 27.7. The Morgan fingerprint density at radius 1 is 0.900 bits per heavy atom. The summed E-state index contributed by atoms with van der Waals surface area (Å²) >= 11 is 7.36. The van der Waals surface area contributed by atoms with E-state index in [9.17, 15) is 4.79 Å². The molecule has 1 amide bonds. The lowest BCUT2D eigenvalue weighted by atomic mass is 10.0. The quantitative estimate of drug-likeness (QED) is 0.113. The fourth-order valence-corrected chi connectivity index (χ4v) is 4.84. The summed E-state index contributed by atoms with van der Waals surface area (Å²) in [6, 6.07) is 33.2. The molecule has 0 unspecified atom stereocenters. The van der Waals surface area contributed by atoms with E-state index in [1.807, 2.05) is 102 Å². The minimum Gasteiger partial charge on any atom is -0.494 e. The van der Waals surface area contributed by atoms with Crippen molar-refractivity contribution in [1.29, 1.82) is 0 Å². The first-order valence-electron chi connectivity index (χ1n) is 12.7. The lowest BCUT2D eigenvalue weighted by Gasteiger charge is -2.11. The van der Waals surface area contributed by atoms with Gasteiger partial charge >= 0.3 is 0 Å². The maximum absolute atomic E-state index is 12.6. The summed E-state index contributed by atoms with van der Waals surface area (Å²) in [6.45, 7) is 2.53. The summed E-state index contributed by atoms with van der Waals surface area (Å²) in [6.07, 6.45) is 1.62. The van der Waals surface area contributed by atoms with Gasteiger partial charge in [-0.1, -0.05) is 78.0 Å². The number of hydrazone groups is 1. The Hall–Kier alpha value is -4.40. The molecule has 1 aromatic heterocycles. The maximum Gasteiger partial charge on any atom is 0.250 e. The van der Waals surface area contributed by atoms with Gasteiger partial charge in [0.15, 0.2) is 11.0 Å². The van der Waals surface area contributed by atoms with Gasteiger partial charge in [0.25, 0.3) is 5.91 Å². The van der Waals surface area contributed by atoms with Crippen LogP contribution in [0.25, 0.3) is 28.2 Å². The van der Waals surface area contributed by atoms with Gasteiger partial charge in [-0.3, -0.25) is 9.36 Å². The third-order valence-corrected chi connectivity index (χ3v) is 7.08. The van der Waals surface area contributed by atoms with Gasteiger partial charge in [-0.05, 0) is 72.1 Å². The predicted molar refractivity (Wildman–Crippen MR) is 161 cm³/mol. The number of ether oxygens (including phenoxy) is 1. The third kappa shape index (κ3) is 6.77.